The first-order chi connectivity index (χ1) is 14.6. The van der Waals surface area contributed by atoms with Gasteiger partial charge in [-0.15, -0.1) is 17.9 Å². The number of carbonyl (C=O) groups excluding carboxylic acids is 1. The van der Waals surface area contributed by atoms with Crippen LogP contribution in [-0.4, -0.2) is 32.4 Å². The molecule has 2 aromatic heterocycles. The molecule has 0 aliphatic carbocycles. The second kappa shape index (κ2) is 8.47. The second-order valence-corrected chi connectivity index (χ2v) is 7.88. The summed E-state index contributed by atoms with van der Waals surface area (Å²) < 4.78 is 5.77. The van der Waals surface area contributed by atoms with E-state index in [4.69, 9.17) is 4.42 Å². The molecule has 0 saturated carbocycles. The summed E-state index contributed by atoms with van der Waals surface area (Å²) in [5, 5.41) is 14.1. The molecule has 4 rings (SSSR count). The van der Waals surface area contributed by atoms with Crippen LogP contribution in [0.5, 0.6) is 0 Å². The van der Waals surface area contributed by atoms with Crippen LogP contribution in [0.1, 0.15) is 5.76 Å². The second-order valence-electron chi connectivity index (χ2n) is 6.00. The van der Waals surface area contributed by atoms with Gasteiger partial charge in [-0.05, 0) is 30.0 Å². The first-order valence-electron chi connectivity index (χ1n) is 8.71. The van der Waals surface area contributed by atoms with Gasteiger partial charge in [-0.3, -0.25) is 19.8 Å². The Balaban J connectivity index is 1.65. The molecule has 3 aromatic rings. The average Bonchev–Trinajstić information content (AvgIpc) is 3.47. The highest BCUT2D eigenvalue weighted by Crippen LogP contribution is 2.36. The van der Waals surface area contributed by atoms with E-state index in [1.807, 2.05) is 5.38 Å². The van der Waals surface area contributed by atoms with Crippen molar-refractivity contribution in [1.82, 2.24) is 9.88 Å². The van der Waals surface area contributed by atoms with E-state index in [1.54, 1.807) is 48.7 Å². The number of para-hydroxylation sites is 1. The number of hydrogen-bond acceptors (Lipinski definition) is 8. The minimum absolute atomic E-state index is 0.0487. The fourth-order valence-corrected chi connectivity index (χ4v) is 4.31. The Bertz CT molecular complexity index is 1180. The van der Waals surface area contributed by atoms with Crippen LogP contribution in [0.25, 0.3) is 17.4 Å². The first kappa shape index (κ1) is 19.8. The van der Waals surface area contributed by atoms with E-state index in [0.717, 1.165) is 0 Å². The predicted octanol–water partition coefficient (Wildman–Crippen LogP) is 5.10. The topological polar surface area (TPSA) is 102 Å². The summed E-state index contributed by atoms with van der Waals surface area (Å²) in [6.07, 6.45) is 4.87. The number of thioether (sulfide) groups is 1. The van der Waals surface area contributed by atoms with E-state index in [2.05, 4.69) is 16.6 Å². The molecule has 0 N–H and O–H groups in total. The number of benzene rings is 1. The molecule has 1 aliphatic rings. The maximum absolute atomic E-state index is 12.8. The van der Waals surface area contributed by atoms with Gasteiger partial charge in [0.15, 0.2) is 5.17 Å². The predicted molar refractivity (Wildman–Crippen MR) is 117 cm³/mol. The molecular weight excluding hydrogens is 424 g/mol. The van der Waals surface area contributed by atoms with Gasteiger partial charge < -0.3 is 4.42 Å². The van der Waals surface area contributed by atoms with Gasteiger partial charge >= 0.3 is 0 Å². The number of furan rings is 1. The molecule has 0 spiro atoms. The number of amidine groups is 1. The van der Waals surface area contributed by atoms with E-state index < -0.39 is 4.92 Å². The van der Waals surface area contributed by atoms with Crippen molar-refractivity contribution in [1.29, 1.82) is 0 Å². The molecule has 10 heteroatoms. The molecule has 1 fully saturated rings. The summed E-state index contributed by atoms with van der Waals surface area (Å²) in [6, 6.07) is 9.65. The highest BCUT2D eigenvalue weighted by atomic mass is 32.2. The third-order valence-corrected chi connectivity index (χ3v) is 5.75. The highest BCUT2D eigenvalue weighted by molar-refractivity contribution is 8.18. The van der Waals surface area contributed by atoms with Crippen LogP contribution in [0.2, 0.25) is 0 Å². The van der Waals surface area contributed by atoms with Gasteiger partial charge in [-0.1, -0.05) is 18.2 Å². The lowest BCUT2D eigenvalue weighted by Crippen LogP contribution is -2.29. The van der Waals surface area contributed by atoms with Gasteiger partial charge in [0.05, 0.1) is 15.4 Å². The van der Waals surface area contributed by atoms with Crippen LogP contribution in [0.15, 0.2) is 74.9 Å². The van der Waals surface area contributed by atoms with E-state index in [0.29, 0.717) is 38.8 Å². The SMILES string of the molecule is C=CCN1C(=O)C(=Cc2ccc(-c3ccccc3[N+](=O)[O-])o2)SC1=Nc1nccs1. The van der Waals surface area contributed by atoms with Crippen LogP contribution in [-0.2, 0) is 4.79 Å². The Morgan fingerprint density at radius 1 is 1.30 bits per heavy atom. The van der Waals surface area contributed by atoms with Gasteiger partial charge in [0.1, 0.15) is 11.5 Å². The molecule has 8 nitrogen and oxygen atoms in total. The molecule has 0 unspecified atom stereocenters. The summed E-state index contributed by atoms with van der Waals surface area (Å²) in [5.74, 6) is 0.538. The maximum atomic E-state index is 12.8. The van der Waals surface area contributed by atoms with Gasteiger partial charge in [-0.2, -0.15) is 4.99 Å². The molecule has 1 amide bonds. The number of nitrogens with zero attached hydrogens (tertiary/aromatic N) is 4. The average molecular weight is 438 g/mol. The van der Waals surface area contributed by atoms with Crippen LogP contribution in [0.3, 0.4) is 0 Å². The van der Waals surface area contributed by atoms with Crippen LogP contribution in [0, 0.1) is 10.1 Å². The van der Waals surface area contributed by atoms with E-state index in [9.17, 15) is 14.9 Å². The zero-order valence-corrected chi connectivity index (χ0v) is 17.1. The minimum Gasteiger partial charge on any atom is -0.456 e. The summed E-state index contributed by atoms with van der Waals surface area (Å²) in [5.41, 5.74) is 0.323. The molecule has 1 aromatic carbocycles. The Morgan fingerprint density at radius 2 is 2.13 bits per heavy atom. The van der Waals surface area contributed by atoms with Crippen LogP contribution >= 0.6 is 23.1 Å². The Morgan fingerprint density at radius 3 is 2.87 bits per heavy atom. The van der Waals surface area contributed by atoms with E-state index in [1.165, 1.54) is 34.1 Å². The number of nitro benzene ring substituents is 1. The number of rotatable bonds is 6. The number of aromatic nitrogens is 1. The first-order valence-corrected chi connectivity index (χ1v) is 10.4. The quantitative estimate of drug-likeness (QED) is 0.230. The van der Waals surface area contributed by atoms with Crippen molar-refractivity contribution in [3.8, 4) is 11.3 Å². The molecule has 150 valence electrons. The lowest BCUT2D eigenvalue weighted by Gasteiger charge is -2.11. The molecule has 0 atom stereocenters. The molecular formula is C20H14N4O4S2. The Labute approximate surface area is 179 Å². The number of thiazole rings is 1. The van der Waals surface area contributed by atoms with Crippen LogP contribution in [0.4, 0.5) is 10.8 Å². The van der Waals surface area contributed by atoms with Gasteiger partial charge in [-0.25, -0.2) is 4.98 Å². The fraction of sp³-hybridized carbons (Fsp3) is 0.0500. The number of carbonyl (C=O) groups is 1. The molecule has 3 heterocycles. The van der Waals surface area contributed by atoms with Gasteiger partial charge in [0.25, 0.3) is 11.6 Å². The number of amides is 1. The summed E-state index contributed by atoms with van der Waals surface area (Å²) >= 11 is 2.58. The summed E-state index contributed by atoms with van der Waals surface area (Å²) in [4.78, 5) is 34.1. The third kappa shape index (κ3) is 3.95. The van der Waals surface area contributed by atoms with Crippen LogP contribution < -0.4 is 0 Å². The molecule has 1 saturated heterocycles. The number of hydrogen-bond donors (Lipinski definition) is 0. The fourth-order valence-electron chi connectivity index (χ4n) is 2.78. The Hall–Kier alpha value is -3.50. The molecule has 1 aliphatic heterocycles. The van der Waals surface area contributed by atoms with Crippen molar-refractivity contribution in [2.24, 2.45) is 4.99 Å². The third-order valence-electron chi connectivity index (χ3n) is 4.08. The lowest BCUT2D eigenvalue weighted by molar-refractivity contribution is -0.384. The Kier molecular flexibility index (Phi) is 5.59. The van der Waals surface area contributed by atoms with Crippen molar-refractivity contribution in [2.45, 2.75) is 0 Å². The van der Waals surface area contributed by atoms with E-state index in [-0.39, 0.29) is 11.6 Å². The zero-order valence-electron chi connectivity index (χ0n) is 15.4. The number of nitro groups is 1. The van der Waals surface area contributed by atoms with Crippen molar-refractivity contribution in [3.05, 3.63) is 81.4 Å². The molecule has 0 bridgehead atoms. The summed E-state index contributed by atoms with van der Waals surface area (Å²) in [6.45, 7) is 4.01. The largest absolute Gasteiger partial charge is 0.456 e. The van der Waals surface area contributed by atoms with Crippen molar-refractivity contribution in [2.75, 3.05) is 6.54 Å². The normalized spacial score (nSPS) is 16.5. The van der Waals surface area contributed by atoms with Crippen molar-refractivity contribution >= 4 is 51.1 Å². The molecule has 30 heavy (non-hydrogen) atoms. The van der Waals surface area contributed by atoms with Crippen molar-refractivity contribution < 1.29 is 14.1 Å². The minimum atomic E-state index is -0.457. The zero-order chi connectivity index (χ0) is 21.1. The van der Waals surface area contributed by atoms with Gasteiger partial charge in [0, 0.05) is 30.3 Å². The summed E-state index contributed by atoms with van der Waals surface area (Å²) in [7, 11) is 0. The van der Waals surface area contributed by atoms with Gasteiger partial charge in [0.2, 0.25) is 5.13 Å². The number of aliphatic imine (C=N–C) groups is 1. The lowest BCUT2D eigenvalue weighted by atomic mass is 10.1. The smallest absolute Gasteiger partial charge is 0.280 e. The monoisotopic (exact) mass is 438 g/mol. The molecule has 0 radical (unpaired) electrons. The maximum Gasteiger partial charge on any atom is 0.280 e. The standard InChI is InChI=1S/C20H14N4O4S2/c1-2-10-23-18(25)17(30-20(23)22-19-21-9-11-29-19)12-13-7-8-16(28-13)14-5-3-4-6-15(14)24(26)27/h2-9,11-12H,1,10H2. The van der Waals surface area contributed by atoms with Crippen molar-refractivity contribution in [3.63, 3.8) is 0 Å². The highest BCUT2D eigenvalue weighted by Gasteiger charge is 2.33. The van der Waals surface area contributed by atoms with E-state index >= 15 is 0 Å².